The Labute approximate surface area is 165 Å². The van der Waals surface area contributed by atoms with Crippen molar-refractivity contribution in [2.45, 2.75) is 19.8 Å². The van der Waals surface area contributed by atoms with Crippen molar-refractivity contribution in [3.8, 4) is 0 Å². The van der Waals surface area contributed by atoms with E-state index in [4.69, 9.17) is 0 Å². The number of carbonyl (C=O) groups is 3. The van der Waals surface area contributed by atoms with E-state index in [1.807, 2.05) is 0 Å². The fourth-order valence-corrected chi connectivity index (χ4v) is 3.61. The first-order chi connectivity index (χ1) is 13.4. The molecular formula is C18H20FN5O3S. The van der Waals surface area contributed by atoms with E-state index in [1.165, 1.54) is 18.2 Å². The first-order valence-electron chi connectivity index (χ1n) is 8.87. The van der Waals surface area contributed by atoms with Crippen molar-refractivity contribution in [1.29, 1.82) is 0 Å². The summed E-state index contributed by atoms with van der Waals surface area (Å²) >= 11 is 1.09. The van der Waals surface area contributed by atoms with Crippen molar-refractivity contribution >= 4 is 34.9 Å². The number of aromatic nitrogens is 2. The lowest BCUT2D eigenvalue weighted by molar-refractivity contribution is -0.136. The molecule has 0 unspecified atom stereocenters. The fraction of sp³-hybridized carbons (Fsp3) is 0.389. The SMILES string of the molecule is Cc1nnsc1C(=O)N1CCC(CNC(=O)C(=O)Nc2cccc(F)c2)CC1. The molecule has 2 N–H and O–H groups in total. The van der Waals surface area contributed by atoms with Gasteiger partial charge in [-0.15, -0.1) is 5.10 Å². The van der Waals surface area contributed by atoms with E-state index in [9.17, 15) is 18.8 Å². The maximum absolute atomic E-state index is 13.1. The van der Waals surface area contributed by atoms with Gasteiger partial charge in [0.25, 0.3) is 5.91 Å². The van der Waals surface area contributed by atoms with E-state index in [0.717, 1.165) is 30.4 Å². The van der Waals surface area contributed by atoms with Crippen LogP contribution in [-0.2, 0) is 9.59 Å². The molecular weight excluding hydrogens is 385 g/mol. The molecule has 3 amide bonds. The molecule has 1 aliphatic heterocycles. The molecule has 1 aromatic heterocycles. The van der Waals surface area contributed by atoms with Gasteiger partial charge in [-0.05, 0) is 55.4 Å². The zero-order valence-corrected chi connectivity index (χ0v) is 16.1. The molecule has 0 bridgehead atoms. The first-order valence-corrected chi connectivity index (χ1v) is 9.64. The second-order valence-electron chi connectivity index (χ2n) is 6.60. The number of likely N-dealkylation sites (tertiary alicyclic amines) is 1. The maximum Gasteiger partial charge on any atom is 0.313 e. The normalized spacial score (nSPS) is 14.6. The quantitative estimate of drug-likeness (QED) is 0.752. The van der Waals surface area contributed by atoms with Gasteiger partial charge >= 0.3 is 11.8 Å². The number of benzene rings is 1. The topological polar surface area (TPSA) is 104 Å². The molecule has 148 valence electrons. The molecule has 8 nitrogen and oxygen atoms in total. The zero-order valence-electron chi connectivity index (χ0n) is 15.3. The summed E-state index contributed by atoms with van der Waals surface area (Å²) in [5, 5.41) is 8.82. The van der Waals surface area contributed by atoms with Gasteiger partial charge < -0.3 is 15.5 Å². The van der Waals surface area contributed by atoms with Crippen molar-refractivity contribution in [3.05, 3.63) is 40.7 Å². The lowest BCUT2D eigenvalue weighted by Gasteiger charge is -2.31. The largest absolute Gasteiger partial charge is 0.348 e. The van der Waals surface area contributed by atoms with Crippen molar-refractivity contribution in [2.75, 3.05) is 25.0 Å². The average Bonchev–Trinajstić information content (AvgIpc) is 3.12. The number of amides is 3. The number of nitrogens with zero attached hydrogens (tertiary/aromatic N) is 3. The molecule has 1 fully saturated rings. The molecule has 1 saturated heterocycles. The molecule has 0 saturated carbocycles. The van der Waals surface area contributed by atoms with Crippen molar-refractivity contribution < 1.29 is 18.8 Å². The molecule has 28 heavy (non-hydrogen) atoms. The third kappa shape index (κ3) is 4.89. The molecule has 0 spiro atoms. The lowest BCUT2D eigenvalue weighted by atomic mass is 9.96. The predicted octanol–water partition coefficient (Wildman–Crippen LogP) is 1.59. The van der Waals surface area contributed by atoms with E-state index < -0.39 is 17.6 Å². The third-order valence-corrected chi connectivity index (χ3v) is 5.40. The van der Waals surface area contributed by atoms with Crippen LogP contribution in [0.2, 0.25) is 0 Å². The van der Waals surface area contributed by atoms with E-state index in [1.54, 1.807) is 11.8 Å². The van der Waals surface area contributed by atoms with Crippen LogP contribution in [0.1, 0.15) is 28.2 Å². The summed E-state index contributed by atoms with van der Waals surface area (Å²) in [7, 11) is 0. The van der Waals surface area contributed by atoms with Crippen molar-refractivity contribution in [1.82, 2.24) is 19.8 Å². The van der Waals surface area contributed by atoms with Gasteiger partial charge in [0.1, 0.15) is 10.7 Å². The van der Waals surface area contributed by atoms with Crippen LogP contribution in [0, 0.1) is 18.7 Å². The van der Waals surface area contributed by atoms with Crippen LogP contribution in [0.25, 0.3) is 0 Å². The summed E-state index contributed by atoms with van der Waals surface area (Å²) in [5.74, 6) is -2.00. The van der Waals surface area contributed by atoms with E-state index in [0.29, 0.717) is 30.2 Å². The number of anilines is 1. The summed E-state index contributed by atoms with van der Waals surface area (Å²) < 4.78 is 16.9. The monoisotopic (exact) mass is 405 g/mol. The second kappa shape index (κ2) is 8.87. The van der Waals surface area contributed by atoms with Gasteiger partial charge in [0.2, 0.25) is 0 Å². The van der Waals surface area contributed by atoms with Crippen LogP contribution in [-0.4, -0.2) is 51.8 Å². The Morgan fingerprint density at radius 3 is 2.64 bits per heavy atom. The Kier molecular flexibility index (Phi) is 6.30. The Morgan fingerprint density at radius 2 is 2.00 bits per heavy atom. The van der Waals surface area contributed by atoms with Crippen LogP contribution in [0.5, 0.6) is 0 Å². The zero-order chi connectivity index (χ0) is 20.1. The third-order valence-electron chi connectivity index (χ3n) is 4.59. The van der Waals surface area contributed by atoms with Gasteiger partial charge in [0, 0.05) is 25.3 Å². The van der Waals surface area contributed by atoms with Gasteiger partial charge in [-0.1, -0.05) is 10.6 Å². The average molecular weight is 405 g/mol. The number of halogens is 1. The predicted molar refractivity (Wildman–Crippen MR) is 101 cm³/mol. The number of carbonyl (C=O) groups excluding carboxylic acids is 3. The minimum atomic E-state index is -0.841. The van der Waals surface area contributed by atoms with Crippen LogP contribution in [0.15, 0.2) is 24.3 Å². The van der Waals surface area contributed by atoms with Crippen molar-refractivity contribution in [3.63, 3.8) is 0 Å². The number of aryl methyl sites for hydroxylation is 1. The molecule has 2 aromatic rings. The fourth-order valence-electron chi connectivity index (χ4n) is 2.98. The number of nitrogens with one attached hydrogen (secondary N) is 2. The van der Waals surface area contributed by atoms with Gasteiger partial charge in [-0.25, -0.2) is 4.39 Å². The number of hydrogen-bond donors (Lipinski definition) is 2. The highest BCUT2D eigenvalue weighted by atomic mass is 32.1. The Hall–Kier alpha value is -2.88. The van der Waals surface area contributed by atoms with Gasteiger partial charge in [0.05, 0.1) is 5.69 Å². The van der Waals surface area contributed by atoms with Crippen LogP contribution in [0.3, 0.4) is 0 Å². The van der Waals surface area contributed by atoms with Gasteiger partial charge in [-0.3, -0.25) is 14.4 Å². The van der Waals surface area contributed by atoms with Crippen LogP contribution >= 0.6 is 11.5 Å². The minimum absolute atomic E-state index is 0.0653. The van der Waals surface area contributed by atoms with E-state index in [2.05, 4.69) is 20.2 Å². The Balaban J connectivity index is 1.42. The summed E-state index contributed by atoms with van der Waals surface area (Å²) in [6.45, 7) is 3.25. The molecule has 1 aromatic carbocycles. The molecule has 1 aliphatic rings. The smallest absolute Gasteiger partial charge is 0.313 e. The number of piperidine rings is 1. The standard InChI is InChI=1S/C18H20FN5O3S/c1-11-15(28-23-22-11)18(27)24-7-5-12(6-8-24)10-20-16(25)17(26)21-14-4-2-3-13(19)9-14/h2-4,9,12H,5-8,10H2,1H3,(H,20,25)(H,21,26). The molecule has 2 heterocycles. The summed E-state index contributed by atoms with van der Waals surface area (Å²) in [6.07, 6.45) is 1.45. The summed E-state index contributed by atoms with van der Waals surface area (Å²) in [6, 6.07) is 5.33. The Bertz CT molecular complexity index is 880. The highest BCUT2D eigenvalue weighted by Gasteiger charge is 2.26. The van der Waals surface area contributed by atoms with E-state index >= 15 is 0 Å². The second-order valence-corrected chi connectivity index (χ2v) is 7.35. The van der Waals surface area contributed by atoms with Crippen LogP contribution < -0.4 is 10.6 Å². The first kappa shape index (κ1) is 19.9. The molecule has 10 heteroatoms. The summed E-state index contributed by atoms with van der Waals surface area (Å²) in [5.41, 5.74) is 0.855. The molecule has 0 radical (unpaired) electrons. The summed E-state index contributed by atoms with van der Waals surface area (Å²) in [4.78, 5) is 38.6. The number of hydrogen-bond acceptors (Lipinski definition) is 6. The van der Waals surface area contributed by atoms with Gasteiger partial charge in [0.15, 0.2) is 0 Å². The van der Waals surface area contributed by atoms with Crippen LogP contribution in [0.4, 0.5) is 10.1 Å². The minimum Gasteiger partial charge on any atom is -0.348 e. The van der Waals surface area contributed by atoms with E-state index in [-0.39, 0.29) is 17.5 Å². The van der Waals surface area contributed by atoms with Gasteiger partial charge in [-0.2, -0.15) is 0 Å². The molecule has 0 aliphatic carbocycles. The maximum atomic E-state index is 13.1. The molecule has 0 atom stereocenters. The molecule has 3 rings (SSSR count). The number of rotatable bonds is 4. The lowest BCUT2D eigenvalue weighted by Crippen LogP contribution is -2.43. The highest BCUT2D eigenvalue weighted by Crippen LogP contribution is 2.20. The van der Waals surface area contributed by atoms with Crippen molar-refractivity contribution in [2.24, 2.45) is 5.92 Å². The highest BCUT2D eigenvalue weighted by molar-refractivity contribution is 7.07. The Morgan fingerprint density at radius 1 is 1.25 bits per heavy atom.